The molecule has 1 aliphatic carbocycles. The van der Waals surface area contributed by atoms with E-state index in [-0.39, 0.29) is 46.7 Å². The summed E-state index contributed by atoms with van der Waals surface area (Å²) in [5.74, 6) is 1.31. The van der Waals surface area contributed by atoms with E-state index in [1.165, 1.54) is 0 Å². The zero-order valence-electron chi connectivity index (χ0n) is 32.0. The monoisotopic (exact) mass is 712 g/mol. The molecule has 4 N–H and O–H groups in total. The minimum atomic E-state index is -0.298. The maximum atomic E-state index is 11.7. The van der Waals surface area contributed by atoms with E-state index in [0.29, 0.717) is 48.7 Å². The summed E-state index contributed by atoms with van der Waals surface area (Å²) in [6, 6.07) is 14.8. The number of hydrogen-bond donors (Lipinski definition) is 4. The Morgan fingerprint density at radius 1 is 0.346 bits per heavy atom. The molecular formula is C44H56O8. The zero-order chi connectivity index (χ0) is 37.7. The molecule has 280 valence electrons. The van der Waals surface area contributed by atoms with Gasteiger partial charge in [0.25, 0.3) is 0 Å². The van der Waals surface area contributed by atoms with E-state index >= 15 is 0 Å². The van der Waals surface area contributed by atoms with Crippen LogP contribution in [0.15, 0.2) is 48.5 Å². The van der Waals surface area contributed by atoms with Crippen molar-refractivity contribution < 1.29 is 39.4 Å². The van der Waals surface area contributed by atoms with Crippen molar-refractivity contribution in [2.45, 2.75) is 103 Å². The number of phenols is 4. The van der Waals surface area contributed by atoms with Gasteiger partial charge < -0.3 is 39.4 Å². The molecule has 4 aromatic rings. The molecule has 1 aliphatic rings. The normalized spacial score (nSPS) is 18.2. The molecule has 8 bridgehead atoms. The molecule has 0 aromatic heterocycles. The van der Waals surface area contributed by atoms with Crippen LogP contribution in [0.25, 0.3) is 0 Å². The van der Waals surface area contributed by atoms with Crippen molar-refractivity contribution in [3.8, 4) is 46.0 Å². The van der Waals surface area contributed by atoms with Crippen LogP contribution in [-0.2, 0) is 0 Å². The van der Waals surface area contributed by atoms with Gasteiger partial charge in [-0.1, -0.05) is 53.4 Å². The zero-order valence-corrected chi connectivity index (χ0v) is 32.0. The Kier molecular flexibility index (Phi) is 12.4. The summed E-state index contributed by atoms with van der Waals surface area (Å²) in [6.45, 7) is 8.45. The Morgan fingerprint density at radius 3 is 0.692 bits per heavy atom. The standard InChI is InChI=1S/C44H56O8/c1-9-13-25-29-17-34(42(50-6)21-37(29)45)27(15-11-3)31-19-36(44(52-8)23-39(31)47)28(16-12-4)32-20-35(43(51-7)24-40(32)48)26(14-10-2)30-18-33(25)41(49-5)22-38(30)46/h17-28,45-48H,9-16H2,1-8H3/t25-,26-,27-,28-/m0/s1. The smallest absolute Gasteiger partial charge is 0.126 e. The minimum Gasteiger partial charge on any atom is -0.508 e. The van der Waals surface area contributed by atoms with Gasteiger partial charge in [0.1, 0.15) is 46.0 Å². The van der Waals surface area contributed by atoms with Gasteiger partial charge in [-0.25, -0.2) is 0 Å². The number of hydrogen-bond acceptors (Lipinski definition) is 8. The summed E-state index contributed by atoms with van der Waals surface area (Å²) in [5.41, 5.74) is 6.26. The maximum absolute atomic E-state index is 11.7. The number of ether oxygens (including phenoxy) is 4. The van der Waals surface area contributed by atoms with E-state index in [9.17, 15) is 20.4 Å². The number of benzene rings is 4. The third-order valence-corrected chi connectivity index (χ3v) is 10.8. The lowest BCUT2D eigenvalue weighted by molar-refractivity contribution is 0.388. The van der Waals surface area contributed by atoms with Gasteiger partial charge >= 0.3 is 0 Å². The first-order chi connectivity index (χ1) is 25.1. The summed E-state index contributed by atoms with van der Waals surface area (Å²) >= 11 is 0. The van der Waals surface area contributed by atoms with Gasteiger partial charge in [-0.3, -0.25) is 0 Å². The minimum absolute atomic E-state index is 0.102. The van der Waals surface area contributed by atoms with E-state index in [4.69, 9.17) is 18.9 Å². The van der Waals surface area contributed by atoms with Crippen molar-refractivity contribution in [3.05, 3.63) is 93.0 Å². The molecule has 52 heavy (non-hydrogen) atoms. The molecule has 0 amide bonds. The van der Waals surface area contributed by atoms with Crippen LogP contribution in [0.5, 0.6) is 46.0 Å². The summed E-state index contributed by atoms with van der Waals surface area (Å²) in [7, 11) is 6.39. The van der Waals surface area contributed by atoms with E-state index in [2.05, 4.69) is 27.7 Å². The third kappa shape index (κ3) is 7.17. The van der Waals surface area contributed by atoms with Gasteiger partial charge in [0.05, 0.1) is 28.4 Å². The summed E-state index contributed by atoms with van der Waals surface area (Å²) in [5, 5.41) is 46.9. The van der Waals surface area contributed by atoms with E-state index in [1.807, 2.05) is 24.3 Å². The molecule has 0 fully saturated rings. The van der Waals surface area contributed by atoms with Crippen LogP contribution in [0.2, 0.25) is 0 Å². The van der Waals surface area contributed by atoms with Gasteiger partial charge in [0, 0.05) is 92.4 Å². The Labute approximate surface area is 309 Å². The molecule has 0 radical (unpaired) electrons. The van der Waals surface area contributed by atoms with Crippen LogP contribution in [0.4, 0.5) is 0 Å². The number of fused-ring (bicyclic) bond motifs is 8. The average Bonchev–Trinajstić information content (AvgIpc) is 3.14. The van der Waals surface area contributed by atoms with Gasteiger partial charge in [0.15, 0.2) is 0 Å². The molecule has 0 spiro atoms. The molecular weight excluding hydrogens is 656 g/mol. The Bertz CT molecular complexity index is 1590. The fraction of sp³-hybridized carbons (Fsp3) is 0.455. The predicted octanol–water partition coefficient (Wildman–Crippen LogP) is 10.6. The van der Waals surface area contributed by atoms with Gasteiger partial charge in [0.2, 0.25) is 0 Å². The Hall–Kier alpha value is -4.72. The number of phenolic OH excluding ortho intramolecular Hbond substituents is 4. The number of rotatable bonds is 12. The van der Waals surface area contributed by atoms with Crippen LogP contribution in [0.1, 0.15) is 147 Å². The molecule has 5 rings (SSSR count). The van der Waals surface area contributed by atoms with Crippen LogP contribution in [0.3, 0.4) is 0 Å². The lowest BCUT2D eigenvalue weighted by Gasteiger charge is -2.30. The Balaban J connectivity index is 2.01. The van der Waals surface area contributed by atoms with Crippen LogP contribution in [-0.4, -0.2) is 48.9 Å². The van der Waals surface area contributed by atoms with Crippen LogP contribution >= 0.6 is 0 Å². The van der Waals surface area contributed by atoms with Gasteiger partial charge in [-0.2, -0.15) is 0 Å². The lowest BCUT2D eigenvalue weighted by Crippen LogP contribution is -2.13. The van der Waals surface area contributed by atoms with Crippen molar-refractivity contribution >= 4 is 0 Å². The quantitative estimate of drug-likeness (QED) is 0.115. The highest BCUT2D eigenvalue weighted by Gasteiger charge is 2.33. The molecule has 0 saturated carbocycles. The Morgan fingerprint density at radius 2 is 0.538 bits per heavy atom. The van der Waals surface area contributed by atoms with Crippen molar-refractivity contribution in [2.75, 3.05) is 28.4 Å². The van der Waals surface area contributed by atoms with Crippen LogP contribution in [0, 0.1) is 0 Å². The van der Waals surface area contributed by atoms with E-state index in [0.717, 1.165) is 70.2 Å². The van der Waals surface area contributed by atoms with Crippen molar-refractivity contribution in [1.82, 2.24) is 0 Å². The van der Waals surface area contributed by atoms with Crippen LogP contribution < -0.4 is 18.9 Å². The average molecular weight is 713 g/mol. The molecule has 8 heteroatoms. The first-order valence-corrected chi connectivity index (χ1v) is 18.7. The first-order valence-electron chi connectivity index (χ1n) is 18.7. The molecule has 8 nitrogen and oxygen atoms in total. The lowest BCUT2D eigenvalue weighted by atomic mass is 9.76. The topological polar surface area (TPSA) is 118 Å². The molecule has 4 aromatic carbocycles. The highest BCUT2D eigenvalue weighted by Crippen LogP contribution is 2.52. The van der Waals surface area contributed by atoms with Crippen molar-refractivity contribution in [1.29, 1.82) is 0 Å². The second-order valence-corrected chi connectivity index (χ2v) is 14.0. The highest BCUT2D eigenvalue weighted by molar-refractivity contribution is 5.62. The van der Waals surface area contributed by atoms with Crippen molar-refractivity contribution in [2.24, 2.45) is 0 Å². The number of methoxy groups -OCH3 is 4. The molecule has 0 saturated heterocycles. The summed E-state index contributed by atoms with van der Waals surface area (Å²) in [4.78, 5) is 0. The summed E-state index contributed by atoms with van der Waals surface area (Å²) < 4.78 is 23.8. The number of aromatic hydroxyl groups is 4. The van der Waals surface area contributed by atoms with E-state index in [1.54, 1.807) is 52.7 Å². The molecule has 0 aliphatic heterocycles. The molecule has 4 atom stereocenters. The summed E-state index contributed by atoms with van der Waals surface area (Å²) in [6.07, 6.45) is 6.05. The van der Waals surface area contributed by atoms with Crippen molar-refractivity contribution in [3.63, 3.8) is 0 Å². The molecule has 0 unspecified atom stereocenters. The second-order valence-electron chi connectivity index (χ2n) is 14.0. The second kappa shape index (κ2) is 16.7. The fourth-order valence-electron chi connectivity index (χ4n) is 8.40. The maximum Gasteiger partial charge on any atom is 0.126 e. The largest absolute Gasteiger partial charge is 0.508 e. The molecule has 0 heterocycles. The highest BCUT2D eigenvalue weighted by atomic mass is 16.5. The van der Waals surface area contributed by atoms with Gasteiger partial charge in [-0.15, -0.1) is 0 Å². The van der Waals surface area contributed by atoms with Gasteiger partial charge in [-0.05, 0) is 49.9 Å². The fourth-order valence-corrected chi connectivity index (χ4v) is 8.40. The third-order valence-electron chi connectivity index (χ3n) is 10.8. The van der Waals surface area contributed by atoms with E-state index < -0.39 is 0 Å². The predicted molar refractivity (Wildman–Crippen MR) is 206 cm³/mol. The first kappa shape index (κ1) is 38.5. The SMILES string of the molecule is CCC[C@H]1c2cc(c(OC)cc2O)[C@@H](CCC)c2cc(c(OC)cc2O)[C@@H](CCC)c2cc(c(OC)cc2O)[C@@H](CCC)c2cc1c(OC)cc2O.